The Kier molecular flexibility index (Phi) is 8.25. The van der Waals surface area contributed by atoms with Crippen LogP contribution in [0.5, 0.6) is 0 Å². The highest BCUT2D eigenvalue weighted by Gasteiger charge is 2.33. The highest BCUT2D eigenvalue weighted by molar-refractivity contribution is 5.91. The number of carbonyl (C=O) groups excluding carboxylic acids is 2. The molecular weight excluding hydrogens is 433 g/mol. The summed E-state index contributed by atoms with van der Waals surface area (Å²) in [5, 5.41) is 13.1. The van der Waals surface area contributed by atoms with Crippen LogP contribution in [0.4, 0.5) is 10.1 Å². The van der Waals surface area contributed by atoms with Crippen LogP contribution in [0.15, 0.2) is 12.1 Å². The number of nitrogens with one attached hydrogen (secondary N) is 1. The number of nitrogens with zero attached hydrogens (tertiary/aromatic N) is 2. The van der Waals surface area contributed by atoms with Gasteiger partial charge in [0.2, 0.25) is 11.8 Å². The third-order valence-electron chi connectivity index (χ3n) is 8.16. The van der Waals surface area contributed by atoms with E-state index in [2.05, 4.69) is 17.1 Å². The lowest BCUT2D eigenvalue weighted by Gasteiger charge is -2.41. The van der Waals surface area contributed by atoms with Gasteiger partial charge < -0.3 is 15.3 Å². The minimum Gasteiger partial charge on any atom is -0.393 e. The number of hydrogen-bond donors (Lipinski definition) is 2. The van der Waals surface area contributed by atoms with Crippen molar-refractivity contribution in [1.29, 1.82) is 0 Å². The SMILES string of the molecule is Cc1c(CN2CCN(C(=O)C3CCCC3)C(C)C2)cc(F)cc1NC(=O)CC1CCCCC1O. The highest BCUT2D eigenvalue weighted by atomic mass is 19.1. The minimum absolute atomic E-state index is 0.0215. The van der Waals surface area contributed by atoms with Gasteiger partial charge in [-0.05, 0) is 68.7 Å². The molecule has 188 valence electrons. The average molecular weight is 474 g/mol. The summed E-state index contributed by atoms with van der Waals surface area (Å²) in [6.07, 6.45) is 7.83. The van der Waals surface area contributed by atoms with Crippen LogP contribution in [-0.2, 0) is 16.1 Å². The Bertz CT molecular complexity index is 886. The number of halogens is 1. The molecule has 0 bridgehead atoms. The summed E-state index contributed by atoms with van der Waals surface area (Å²) in [7, 11) is 0. The van der Waals surface area contributed by atoms with Crippen molar-refractivity contribution >= 4 is 17.5 Å². The third kappa shape index (κ3) is 5.98. The summed E-state index contributed by atoms with van der Waals surface area (Å²) in [6.45, 7) is 6.84. The number of aliphatic hydroxyl groups is 1. The molecule has 1 aromatic rings. The maximum absolute atomic E-state index is 14.5. The van der Waals surface area contributed by atoms with Crippen LogP contribution < -0.4 is 5.32 Å². The van der Waals surface area contributed by atoms with Crippen LogP contribution in [0.1, 0.15) is 75.8 Å². The van der Waals surface area contributed by atoms with Crippen LogP contribution in [0.3, 0.4) is 0 Å². The monoisotopic (exact) mass is 473 g/mol. The van der Waals surface area contributed by atoms with Gasteiger partial charge in [0.1, 0.15) is 5.82 Å². The number of benzene rings is 1. The standard InChI is InChI=1S/C27H40FN3O3/c1-18-16-30(11-12-31(18)27(34)20-7-3-4-8-20)17-22-13-23(28)15-24(19(22)2)29-26(33)14-21-9-5-6-10-25(21)32/h13,15,18,20-21,25,32H,3-12,14,16-17H2,1-2H3,(H,29,33). The molecule has 2 aliphatic carbocycles. The number of carbonyl (C=O) groups is 2. The van der Waals surface area contributed by atoms with Crippen molar-refractivity contribution in [2.75, 3.05) is 25.0 Å². The Morgan fingerprint density at radius 3 is 2.50 bits per heavy atom. The molecule has 2 amide bonds. The largest absolute Gasteiger partial charge is 0.393 e. The fourth-order valence-corrected chi connectivity index (χ4v) is 6.05. The number of piperazine rings is 1. The molecule has 7 heteroatoms. The van der Waals surface area contributed by atoms with E-state index in [4.69, 9.17) is 0 Å². The van der Waals surface area contributed by atoms with Crippen molar-refractivity contribution in [3.63, 3.8) is 0 Å². The summed E-state index contributed by atoms with van der Waals surface area (Å²) in [5.41, 5.74) is 2.24. The predicted octanol–water partition coefficient (Wildman–Crippen LogP) is 4.24. The Morgan fingerprint density at radius 2 is 1.79 bits per heavy atom. The van der Waals surface area contributed by atoms with Gasteiger partial charge in [-0.2, -0.15) is 0 Å². The van der Waals surface area contributed by atoms with E-state index in [0.29, 0.717) is 24.7 Å². The number of amides is 2. The van der Waals surface area contributed by atoms with Crippen molar-refractivity contribution < 1.29 is 19.1 Å². The van der Waals surface area contributed by atoms with E-state index >= 15 is 0 Å². The van der Waals surface area contributed by atoms with Gasteiger partial charge in [-0.15, -0.1) is 0 Å². The fourth-order valence-electron chi connectivity index (χ4n) is 6.05. The zero-order valence-corrected chi connectivity index (χ0v) is 20.7. The topological polar surface area (TPSA) is 72.9 Å². The number of hydrogen-bond acceptors (Lipinski definition) is 4. The molecule has 2 N–H and O–H groups in total. The van der Waals surface area contributed by atoms with E-state index in [9.17, 15) is 19.1 Å². The smallest absolute Gasteiger partial charge is 0.226 e. The maximum atomic E-state index is 14.5. The van der Waals surface area contributed by atoms with E-state index in [1.807, 2.05) is 11.8 Å². The Hall–Kier alpha value is -1.99. The lowest BCUT2D eigenvalue weighted by Crippen LogP contribution is -2.54. The first-order valence-corrected chi connectivity index (χ1v) is 13.1. The Balaban J connectivity index is 1.36. The lowest BCUT2D eigenvalue weighted by molar-refractivity contribution is -0.140. The molecule has 2 saturated carbocycles. The molecule has 3 unspecified atom stereocenters. The van der Waals surface area contributed by atoms with Crippen molar-refractivity contribution in [2.24, 2.45) is 11.8 Å². The molecule has 1 aliphatic heterocycles. The molecule has 3 fully saturated rings. The quantitative estimate of drug-likeness (QED) is 0.648. The van der Waals surface area contributed by atoms with Gasteiger partial charge in [-0.25, -0.2) is 4.39 Å². The summed E-state index contributed by atoms with van der Waals surface area (Å²) >= 11 is 0. The van der Waals surface area contributed by atoms with Crippen molar-refractivity contribution in [1.82, 2.24) is 9.80 Å². The second-order valence-electron chi connectivity index (χ2n) is 10.7. The molecule has 0 spiro atoms. The van der Waals surface area contributed by atoms with Crippen molar-refractivity contribution in [3.8, 4) is 0 Å². The first kappa shape index (κ1) is 25.1. The lowest BCUT2D eigenvalue weighted by atomic mass is 9.84. The predicted molar refractivity (Wildman–Crippen MR) is 131 cm³/mol. The molecule has 0 aromatic heterocycles. The number of aliphatic hydroxyl groups excluding tert-OH is 1. The molecule has 6 nitrogen and oxygen atoms in total. The van der Waals surface area contributed by atoms with E-state index < -0.39 is 6.10 Å². The molecule has 1 aromatic carbocycles. The molecule has 1 heterocycles. The minimum atomic E-state index is -0.426. The van der Waals surface area contributed by atoms with Crippen molar-refractivity contribution in [3.05, 3.63) is 29.1 Å². The molecule has 3 atom stereocenters. The molecule has 4 rings (SSSR count). The van der Waals surface area contributed by atoms with E-state index in [0.717, 1.165) is 75.6 Å². The highest BCUT2D eigenvalue weighted by Crippen LogP contribution is 2.30. The maximum Gasteiger partial charge on any atom is 0.226 e. The van der Waals surface area contributed by atoms with E-state index in [1.54, 1.807) is 6.07 Å². The molecule has 1 saturated heterocycles. The first-order valence-electron chi connectivity index (χ1n) is 13.1. The van der Waals surface area contributed by atoms with Crippen LogP contribution in [0.25, 0.3) is 0 Å². The summed E-state index contributed by atoms with van der Waals surface area (Å²) in [6, 6.07) is 3.07. The van der Waals surface area contributed by atoms with E-state index in [1.165, 1.54) is 6.07 Å². The zero-order chi connectivity index (χ0) is 24.2. The van der Waals surface area contributed by atoms with Crippen LogP contribution in [0.2, 0.25) is 0 Å². The second kappa shape index (κ2) is 11.2. The number of anilines is 1. The van der Waals surface area contributed by atoms with E-state index in [-0.39, 0.29) is 36.0 Å². The Morgan fingerprint density at radius 1 is 1.09 bits per heavy atom. The van der Waals surface area contributed by atoms with Gasteiger partial charge in [0, 0.05) is 50.2 Å². The third-order valence-corrected chi connectivity index (χ3v) is 8.16. The first-order chi connectivity index (χ1) is 16.3. The molecular formula is C27H40FN3O3. The van der Waals surface area contributed by atoms with Crippen LogP contribution in [0, 0.1) is 24.6 Å². The van der Waals surface area contributed by atoms with Crippen molar-refractivity contribution in [2.45, 2.75) is 90.3 Å². The molecule has 34 heavy (non-hydrogen) atoms. The Labute approximate surface area is 202 Å². The van der Waals surface area contributed by atoms with Gasteiger partial charge in [0.25, 0.3) is 0 Å². The van der Waals surface area contributed by atoms with Crippen LogP contribution >= 0.6 is 0 Å². The molecule has 0 radical (unpaired) electrons. The second-order valence-corrected chi connectivity index (χ2v) is 10.7. The van der Waals surface area contributed by atoms with Gasteiger partial charge in [-0.3, -0.25) is 14.5 Å². The summed E-state index contributed by atoms with van der Waals surface area (Å²) in [5.74, 6) is -0.0539. The van der Waals surface area contributed by atoms with Gasteiger partial charge in [0.15, 0.2) is 0 Å². The van der Waals surface area contributed by atoms with Gasteiger partial charge in [0.05, 0.1) is 6.10 Å². The van der Waals surface area contributed by atoms with Crippen LogP contribution in [-0.4, -0.2) is 58.5 Å². The average Bonchev–Trinajstić information content (AvgIpc) is 3.33. The molecule has 3 aliphatic rings. The van der Waals surface area contributed by atoms with Gasteiger partial charge in [-0.1, -0.05) is 25.7 Å². The summed E-state index contributed by atoms with van der Waals surface area (Å²) in [4.78, 5) is 29.8. The zero-order valence-electron chi connectivity index (χ0n) is 20.7. The van der Waals surface area contributed by atoms with Gasteiger partial charge >= 0.3 is 0 Å². The fraction of sp³-hybridized carbons (Fsp3) is 0.704. The summed E-state index contributed by atoms with van der Waals surface area (Å²) < 4.78 is 14.5. The normalized spacial score (nSPS) is 26.6. The number of rotatable bonds is 6.